The van der Waals surface area contributed by atoms with Crippen LogP contribution >= 0.6 is 11.3 Å². The normalized spacial score (nSPS) is 17.3. The van der Waals surface area contributed by atoms with Gasteiger partial charge in [-0.1, -0.05) is 0 Å². The number of methoxy groups -OCH3 is 1. The fourth-order valence-corrected chi connectivity index (χ4v) is 3.14. The van der Waals surface area contributed by atoms with Gasteiger partial charge >= 0.3 is 0 Å². The minimum atomic E-state index is 0.500. The maximum Gasteiger partial charge on any atom is 0.191 e. The minimum absolute atomic E-state index is 0.500. The number of aliphatic imine (C=N–C) groups is 1. The van der Waals surface area contributed by atoms with E-state index in [0.29, 0.717) is 12.6 Å². The Morgan fingerprint density at radius 3 is 2.90 bits per heavy atom. The Labute approximate surface area is 125 Å². The lowest BCUT2D eigenvalue weighted by atomic mass is 10.1. The zero-order chi connectivity index (χ0) is 14.2. The van der Waals surface area contributed by atoms with Gasteiger partial charge in [-0.05, 0) is 30.4 Å². The second kappa shape index (κ2) is 8.11. The molecule has 1 saturated heterocycles. The minimum Gasteiger partial charge on any atom is -0.383 e. The summed E-state index contributed by atoms with van der Waals surface area (Å²) in [7, 11) is 3.51. The van der Waals surface area contributed by atoms with Gasteiger partial charge in [-0.3, -0.25) is 4.99 Å². The predicted octanol–water partition coefficient (Wildman–Crippen LogP) is 1.53. The lowest BCUT2D eigenvalue weighted by molar-refractivity contribution is 0.203. The van der Waals surface area contributed by atoms with Gasteiger partial charge < -0.3 is 20.3 Å². The van der Waals surface area contributed by atoms with Crippen molar-refractivity contribution < 1.29 is 4.74 Å². The number of piperidine rings is 1. The SMILES string of the molecule is CN=C(NCCOC)NC1CCN(c2cccs2)CC1. The third kappa shape index (κ3) is 4.38. The van der Waals surface area contributed by atoms with Crippen LogP contribution in [0.15, 0.2) is 22.5 Å². The molecule has 5 nitrogen and oxygen atoms in total. The van der Waals surface area contributed by atoms with Gasteiger partial charge in [0.25, 0.3) is 0 Å². The largest absolute Gasteiger partial charge is 0.383 e. The van der Waals surface area contributed by atoms with Gasteiger partial charge in [-0.25, -0.2) is 0 Å². The molecule has 0 saturated carbocycles. The average Bonchev–Trinajstić information content (AvgIpc) is 3.01. The van der Waals surface area contributed by atoms with E-state index in [2.05, 4.69) is 38.0 Å². The van der Waals surface area contributed by atoms with Gasteiger partial charge in [0.15, 0.2) is 5.96 Å². The molecule has 0 spiro atoms. The first-order valence-electron chi connectivity index (χ1n) is 7.08. The molecule has 0 aliphatic carbocycles. The second-order valence-electron chi connectivity index (χ2n) is 4.85. The van der Waals surface area contributed by atoms with Crippen molar-refractivity contribution in [1.29, 1.82) is 0 Å². The van der Waals surface area contributed by atoms with Gasteiger partial charge in [0.2, 0.25) is 0 Å². The molecule has 2 heterocycles. The highest BCUT2D eigenvalue weighted by Crippen LogP contribution is 2.24. The van der Waals surface area contributed by atoms with Crippen molar-refractivity contribution in [3.8, 4) is 0 Å². The van der Waals surface area contributed by atoms with Gasteiger partial charge in [-0.15, -0.1) is 11.3 Å². The van der Waals surface area contributed by atoms with Gasteiger partial charge in [0.1, 0.15) is 0 Å². The molecule has 0 atom stereocenters. The quantitative estimate of drug-likeness (QED) is 0.491. The summed E-state index contributed by atoms with van der Waals surface area (Å²) in [6.45, 7) is 3.68. The number of hydrogen-bond acceptors (Lipinski definition) is 4. The molecule has 1 fully saturated rings. The number of guanidine groups is 1. The molecule has 1 aliphatic rings. The van der Waals surface area contributed by atoms with E-state index in [-0.39, 0.29) is 0 Å². The van der Waals surface area contributed by atoms with Crippen LogP contribution in [-0.4, -0.2) is 52.4 Å². The highest BCUT2D eigenvalue weighted by molar-refractivity contribution is 7.14. The molecule has 2 rings (SSSR count). The van der Waals surface area contributed by atoms with Gasteiger partial charge in [-0.2, -0.15) is 0 Å². The Morgan fingerprint density at radius 2 is 2.30 bits per heavy atom. The Hall–Kier alpha value is -1.27. The molecular formula is C14H24N4OS. The highest BCUT2D eigenvalue weighted by Gasteiger charge is 2.20. The van der Waals surface area contributed by atoms with Crippen molar-refractivity contribution in [2.24, 2.45) is 4.99 Å². The van der Waals surface area contributed by atoms with Gasteiger partial charge in [0, 0.05) is 39.8 Å². The van der Waals surface area contributed by atoms with Crippen LogP contribution in [0.4, 0.5) is 5.00 Å². The summed E-state index contributed by atoms with van der Waals surface area (Å²) in [4.78, 5) is 6.71. The van der Waals surface area contributed by atoms with E-state index in [1.54, 1.807) is 7.11 Å². The van der Waals surface area contributed by atoms with E-state index < -0.39 is 0 Å². The van der Waals surface area contributed by atoms with Crippen LogP contribution in [0.1, 0.15) is 12.8 Å². The summed E-state index contributed by atoms with van der Waals surface area (Å²) >= 11 is 1.82. The van der Waals surface area contributed by atoms with E-state index in [9.17, 15) is 0 Å². The first-order valence-corrected chi connectivity index (χ1v) is 7.96. The summed E-state index contributed by atoms with van der Waals surface area (Å²) in [5, 5.41) is 10.3. The highest BCUT2D eigenvalue weighted by atomic mass is 32.1. The Morgan fingerprint density at radius 1 is 1.50 bits per heavy atom. The number of hydrogen-bond donors (Lipinski definition) is 2. The molecule has 0 bridgehead atoms. The molecule has 20 heavy (non-hydrogen) atoms. The molecule has 6 heteroatoms. The fraction of sp³-hybridized carbons (Fsp3) is 0.643. The Bertz CT molecular complexity index is 399. The molecular weight excluding hydrogens is 272 g/mol. The van der Waals surface area contributed by atoms with E-state index in [0.717, 1.165) is 38.4 Å². The van der Waals surface area contributed by atoms with E-state index in [1.165, 1.54) is 5.00 Å². The smallest absolute Gasteiger partial charge is 0.191 e. The maximum absolute atomic E-state index is 5.03. The summed E-state index contributed by atoms with van der Waals surface area (Å²) in [6.07, 6.45) is 2.28. The van der Waals surface area contributed by atoms with Crippen LogP contribution in [-0.2, 0) is 4.74 Å². The standard InChI is InChI=1S/C14H24N4OS/c1-15-14(16-7-10-19-2)17-12-5-8-18(9-6-12)13-4-3-11-20-13/h3-4,11-12H,5-10H2,1-2H3,(H2,15,16,17). The molecule has 1 aromatic heterocycles. The van der Waals surface area contributed by atoms with Gasteiger partial charge in [0.05, 0.1) is 11.6 Å². The summed E-state index contributed by atoms with van der Waals surface area (Å²) < 4.78 is 5.03. The average molecular weight is 296 g/mol. The molecule has 2 N–H and O–H groups in total. The molecule has 0 radical (unpaired) electrons. The lowest BCUT2D eigenvalue weighted by Crippen LogP contribution is -2.49. The van der Waals surface area contributed by atoms with Crippen molar-refractivity contribution >= 4 is 22.3 Å². The third-order valence-electron chi connectivity index (χ3n) is 3.48. The first-order chi connectivity index (χ1) is 9.83. The van der Waals surface area contributed by atoms with E-state index in [4.69, 9.17) is 4.74 Å². The summed E-state index contributed by atoms with van der Waals surface area (Å²) in [5.74, 6) is 0.872. The molecule has 1 aromatic rings. The van der Waals surface area contributed by atoms with Crippen LogP contribution in [0.25, 0.3) is 0 Å². The Kier molecular flexibility index (Phi) is 6.14. The van der Waals surface area contributed by atoms with Crippen LogP contribution in [0.2, 0.25) is 0 Å². The second-order valence-corrected chi connectivity index (χ2v) is 5.77. The molecule has 112 valence electrons. The van der Waals surface area contributed by atoms with Crippen molar-refractivity contribution in [1.82, 2.24) is 10.6 Å². The zero-order valence-electron chi connectivity index (χ0n) is 12.3. The lowest BCUT2D eigenvalue weighted by Gasteiger charge is -2.33. The third-order valence-corrected chi connectivity index (χ3v) is 4.40. The van der Waals surface area contributed by atoms with Crippen LogP contribution < -0.4 is 15.5 Å². The predicted molar refractivity (Wildman–Crippen MR) is 85.9 cm³/mol. The van der Waals surface area contributed by atoms with E-state index >= 15 is 0 Å². The Balaban J connectivity index is 1.73. The number of ether oxygens (including phenoxy) is 1. The number of nitrogens with zero attached hydrogens (tertiary/aromatic N) is 2. The van der Waals surface area contributed by atoms with Crippen molar-refractivity contribution in [2.75, 3.05) is 45.3 Å². The van der Waals surface area contributed by atoms with E-state index in [1.807, 2.05) is 18.4 Å². The van der Waals surface area contributed by atoms with Crippen LogP contribution in [0.5, 0.6) is 0 Å². The topological polar surface area (TPSA) is 48.9 Å². The molecule has 0 aromatic carbocycles. The maximum atomic E-state index is 5.03. The van der Waals surface area contributed by atoms with Crippen LogP contribution in [0.3, 0.4) is 0 Å². The molecule has 0 amide bonds. The summed E-state index contributed by atoms with van der Waals surface area (Å²) in [6, 6.07) is 4.82. The van der Waals surface area contributed by atoms with Crippen molar-refractivity contribution in [2.45, 2.75) is 18.9 Å². The van der Waals surface area contributed by atoms with Crippen LogP contribution in [0, 0.1) is 0 Å². The number of nitrogens with one attached hydrogen (secondary N) is 2. The number of rotatable bonds is 5. The first kappa shape index (κ1) is 15.1. The monoisotopic (exact) mass is 296 g/mol. The number of anilines is 1. The molecule has 1 aliphatic heterocycles. The van der Waals surface area contributed by atoms with Crippen molar-refractivity contribution in [3.63, 3.8) is 0 Å². The van der Waals surface area contributed by atoms with Crippen molar-refractivity contribution in [3.05, 3.63) is 17.5 Å². The number of thiophene rings is 1. The zero-order valence-corrected chi connectivity index (χ0v) is 13.1. The summed E-state index contributed by atoms with van der Waals surface area (Å²) in [5.41, 5.74) is 0. The fourth-order valence-electron chi connectivity index (χ4n) is 2.35. The molecule has 0 unspecified atom stereocenters.